The van der Waals surface area contributed by atoms with Crippen molar-refractivity contribution in [2.75, 3.05) is 6.61 Å². The molecule has 5 heteroatoms. The van der Waals surface area contributed by atoms with Gasteiger partial charge in [0.25, 0.3) is 5.91 Å². The highest BCUT2D eigenvalue weighted by molar-refractivity contribution is 8.02. The molecule has 0 aromatic heterocycles. The summed E-state index contributed by atoms with van der Waals surface area (Å²) in [5, 5.41) is 3.68. The fourth-order valence-electron chi connectivity index (χ4n) is 0.983. The lowest BCUT2D eigenvalue weighted by Crippen LogP contribution is -2.29. The van der Waals surface area contributed by atoms with Crippen LogP contribution in [0.1, 0.15) is 6.92 Å². The van der Waals surface area contributed by atoms with Gasteiger partial charge in [0, 0.05) is 11.0 Å². The van der Waals surface area contributed by atoms with Crippen LogP contribution in [0.4, 0.5) is 4.79 Å². The Kier molecular flexibility index (Phi) is 5.88. The van der Waals surface area contributed by atoms with Gasteiger partial charge >= 0.3 is 6.09 Å². The standard InChI is InChI=1S/C12H13NO3S/c1-2-16-12(15)13-11(14)8-9-17-10-6-4-3-5-7-10/h3-9H,2H2,1H3,(H,13,14,15)/b9-8+. The average molecular weight is 251 g/mol. The van der Waals surface area contributed by atoms with Gasteiger partial charge in [0.05, 0.1) is 6.61 Å². The van der Waals surface area contributed by atoms with E-state index in [0.717, 1.165) is 4.90 Å². The third-order valence-corrected chi connectivity index (χ3v) is 2.48. The van der Waals surface area contributed by atoms with E-state index in [1.165, 1.54) is 17.8 Å². The summed E-state index contributed by atoms with van der Waals surface area (Å²) in [6, 6.07) is 9.60. The summed E-state index contributed by atoms with van der Waals surface area (Å²) < 4.78 is 4.57. The highest BCUT2D eigenvalue weighted by atomic mass is 32.2. The third-order valence-electron chi connectivity index (χ3n) is 1.67. The fraction of sp³-hybridized carbons (Fsp3) is 0.167. The molecule has 0 aliphatic carbocycles. The molecule has 0 aliphatic rings. The monoisotopic (exact) mass is 251 g/mol. The molecular formula is C12H13NO3S. The number of benzene rings is 1. The molecule has 2 amide bonds. The van der Waals surface area contributed by atoms with E-state index in [9.17, 15) is 9.59 Å². The van der Waals surface area contributed by atoms with Crippen molar-refractivity contribution < 1.29 is 14.3 Å². The van der Waals surface area contributed by atoms with Crippen molar-refractivity contribution >= 4 is 23.8 Å². The van der Waals surface area contributed by atoms with Gasteiger partial charge in [-0.25, -0.2) is 4.79 Å². The van der Waals surface area contributed by atoms with Crippen LogP contribution < -0.4 is 5.32 Å². The van der Waals surface area contributed by atoms with Gasteiger partial charge in [0.2, 0.25) is 0 Å². The van der Waals surface area contributed by atoms with Gasteiger partial charge < -0.3 is 4.74 Å². The number of nitrogens with one attached hydrogen (secondary N) is 1. The molecule has 1 aromatic carbocycles. The van der Waals surface area contributed by atoms with Gasteiger partial charge in [0.1, 0.15) is 0 Å². The molecule has 90 valence electrons. The van der Waals surface area contributed by atoms with Crippen LogP contribution in [0.3, 0.4) is 0 Å². The van der Waals surface area contributed by atoms with Gasteiger partial charge in [-0.2, -0.15) is 0 Å². The molecular weight excluding hydrogens is 238 g/mol. The predicted octanol–water partition coefficient (Wildman–Crippen LogP) is 2.57. The number of ether oxygens (including phenoxy) is 1. The molecule has 0 unspecified atom stereocenters. The smallest absolute Gasteiger partial charge is 0.414 e. The molecule has 0 saturated carbocycles. The largest absolute Gasteiger partial charge is 0.450 e. The number of rotatable bonds is 4. The first-order chi connectivity index (χ1) is 8.22. The van der Waals surface area contributed by atoms with Crippen LogP contribution in [-0.2, 0) is 9.53 Å². The lowest BCUT2D eigenvalue weighted by atomic mass is 10.4. The summed E-state index contributed by atoms with van der Waals surface area (Å²) in [6.07, 6.45) is 0.557. The maximum Gasteiger partial charge on any atom is 0.414 e. The Labute approximate surface area is 104 Å². The normalized spacial score (nSPS) is 10.2. The first-order valence-corrected chi connectivity index (χ1v) is 5.96. The number of alkyl carbamates (subject to hydrolysis) is 1. The van der Waals surface area contributed by atoms with E-state index >= 15 is 0 Å². The summed E-state index contributed by atoms with van der Waals surface area (Å²) >= 11 is 1.40. The first-order valence-electron chi connectivity index (χ1n) is 5.08. The zero-order chi connectivity index (χ0) is 12.5. The zero-order valence-electron chi connectivity index (χ0n) is 9.38. The number of hydrogen-bond donors (Lipinski definition) is 1. The summed E-state index contributed by atoms with van der Waals surface area (Å²) in [7, 11) is 0. The Morgan fingerprint density at radius 1 is 1.35 bits per heavy atom. The van der Waals surface area contributed by atoms with E-state index in [0.29, 0.717) is 0 Å². The Morgan fingerprint density at radius 3 is 2.71 bits per heavy atom. The van der Waals surface area contributed by atoms with Crippen molar-refractivity contribution in [2.24, 2.45) is 0 Å². The Morgan fingerprint density at radius 2 is 2.06 bits per heavy atom. The maximum atomic E-state index is 11.2. The van der Waals surface area contributed by atoms with Gasteiger partial charge in [0.15, 0.2) is 0 Å². The second kappa shape index (κ2) is 7.51. The molecule has 0 atom stereocenters. The summed E-state index contributed by atoms with van der Waals surface area (Å²) in [5.74, 6) is -0.494. The summed E-state index contributed by atoms with van der Waals surface area (Å²) in [6.45, 7) is 1.91. The average Bonchev–Trinajstić information content (AvgIpc) is 2.30. The van der Waals surface area contributed by atoms with Crippen molar-refractivity contribution in [1.82, 2.24) is 5.32 Å². The highest BCUT2D eigenvalue weighted by Crippen LogP contribution is 2.17. The van der Waals surface area contributed by atoms with E-state index in [-0.39, 0.29) is 6.61 Å². The molecule has 0 aliphatic heterocycles. The number of carbonyl (C=O) groups is 2. The number of thioether (sulfide) groups is 1. The molecule has 0 radical (unpaired) electrons. The lowest BCUT2D eigenvalue weighted by Gasteiger charge is -2.00. The molecule has 1 aromatic rings. The molecule has 17 heavy (non-hydrogen) atoms. The van der Waals surface area contributed by atoms with Crippen LogP contribution in [0, 0.1) is 0 Å². The van der Waals surface area contributed by atoms with Crippen LogP contribution in [0.15, 0.2) is 46.7 Å². The second-order valence-electron chi connectivity index (χ2n) is 2.94. The van der Waals surface area contributed by atoms with Gasteiger partial charge in [-0.05, 0) is 24.5 Å². The molecule has 4 nitrogen and oxygen atoms in total. The number of carbonyl (C=O) groups excluding carboxylic acids is 2. The van der Waals surface area contributed by atoms with E-state index in [1.54, 1.807) is 12.3 Å². The number of imide groups is 1. The SMILES string of the molecule is CCOC(=O)NC(=O)/C=C/Sc1ccccc1. The van der Waals surface area contributed by atoms with E-state index in [4.69, 9.17) is 0 Å². The topological polar surface area (TPSA) is 55.4 Å². The minimum atomic E-state index is -0.730. The van der Waals surface area contributed by atoms with E-state index in [2.05, 4.69) is 10.1 Å². The highest BCUT2D eigenvalue weighted by Gasteiger charge is 2.03. The number of amides is 2. The van der Waals surface area contributed by atoms with Gasteiger partial charge in [-0.3, -0.25) is 10.1 Å². The first kappa shape index (κ1) is 13.3. The molecule has 0 heterocycles. The van der Waals surface area contributed by atoms with Crippen LogP contribution in [0.5, 0.6) is 0 Å². The van der Waals surface area contributed by atoms with Crippen LogP contribution in [0.25, 0.3) is 0 Å². The third kappa shape index (κ3) is 5.77. The quantitative estimate of drug-likeness (QED) is 0.660. The zero-order valence-corrected chi connectivity index (χ0v) is 10.2. The van der Waals surface area contributed by atoms with Crippen molar-refractivity contribution in [3.8, 4) is 0 Å². The summed E-state index contributed by atoms with van der Waals surface area (Å²) in [4.78, 5) is 23.1. The Balaban J connectivity index is 2.34. The molecule has 1 N–H and O–H groups in total. The number of hydrogen-bond acceptors (Lipinski definition) is 4. The molecule has 0 bridgehead atoms. The Bertz CT molecular complexity index is 403. The van der Waals surface area contributed by atoms with Crippen molar-refractivity contribution in [3.63, 3.8) is 0 Å². The Hall–Kier alpha value is -1.75. The van der Waals surface area contributed by atoms with Crippen LogP contribution in [0.2, 0.25) is 0 Å². The van der Waals surface area contributed by atoms with E-state index in [1.807, 2.05) is 30.3 Å². The van der Waals surface area contributed by atoms with Crippen LogP contribution >= 0.6 is 11.8 Å². The minimum absolute atomic E-state index is 0.238. The molecule has 0 saturated heterocycles. The van der Waals surface area contributed by atoms with Crippen molar-refractivity contribution in [2.45, 2.75) is 11.8 Å². The van der Waals surface area contributed by atoms with Gasteiger partial charge in [-0.1, -0.05) is 30.0 Å². The van der Waals surface area contributed by atoms with Crippen molar-refractivity contribution in [3.05, 3.63) is 41.8 Å². The van der Waals surface area contributed by atoms with E-state index < -0.39 is 12.0 Å². The molecule has 0 spiro atoms. The lowest BCUT2D eigenvalue weighted by molar-refractivity contribution is -0.115. The summed E-state index contributed by atoms with van der Waals surface area (Å²) in [5.41, 5.74) is 0. The van der Waals surface area contributed by atoms with Gasteiger partial charge in [-0.15, -0.1) is 0 Å². The maximum absolute atomic E-state index is 11.2. The molecule has 1 rings (SSSR count). The second-order valence-corrected chi connectivity index (χ2v) is 3.92. The minimum Gasteiger partial charge on any atom is -0.450 e. The molecule has 0 fully saturated rings. The van der Waals surface area contributed by atoms with Crippen molar-refractivity contribution in [1.29, 1.82) is 0 Å². The fourth-order valence-corrected chi connectivity index (χ4v) is 1.65. The van der Waals surface area contributed by atoms with Crippen LogP contribution in [-0.4, -0.2) is 18.6 Å². The predicted molar refractivity (Wildman–Crippen MR) is 66.6 cm³/mol.